The Morgan fingerprint density at radius 3 is 2.02 bits per heavy atom. The summed E-state index contributed by atoms with van der Waals surface area (Å²) >= 11 is 0. The van der Waals surface area contributed by atoms with Crippen LogP contribution < -0.4 is 5.32 Å². The Balaban J connectivity index is 1.27. The molecule has 6 heteroatoms. The van der Waals surface area contributed by atoms with Crippen LogP contribution in [0.2, 0.25) is 0 Å². The highest BCUT2D eigenvalue weighted by atomic mass is 16.4. The zero-order valence-electron chi connectivity index (χ0n) is 24.8. The minimum absolute atomic E-state index is 0.0162. The molecule has 44 heavy (non-hydrogen) atoms. The summed E-state index contributed by atoms with van der Waals surface area (Å²) in [5.41, 5.74) is 5.79. The van der Waals surface area contributed by atoms with Gasteiger partial charge >= 0.3 is 11.9 Å². The molecule has 1 aliphatic rings. The number of nitrogens with one attached hydrogen (secondary N) is 1. The van der Waals surface area contributed by atoms with E-state index >= 15 is 0 Å². The Labute approximate surface area is 259 Å². The first-order valence-electron chi connectivity index (χ1n) is 15.3. The molecule has 0 saturated heterocycles. The van der Waals surface area contributed by atoms with Crippen molar-refractivity contribution in [2.24, 2.45) is 5.92 Å². The van der Waals surface area contributed by atoms with Crippen LogP contribution in [0.3, 0.4) is 0 Å². The lowest BCUT2D eigenvalue weighted by Crippen LogP contribution is -2.40. The molecule has 0 aliphatic heterocycles. The highest BCUT2D eigenvalue weighted by molar-refractivity contribution is 6.31. The maximum absolute atomic E-state index is 12.8. The third kappa shape index (κ3) is 8.32. The van der Waals surface area contributed by atoms with Crippen LogP contribution in [0.4, 0.5) is 5.69 Å². The van der Waals surface area contributed by atoms with E-state index in [-0.39, 0.29) is 18.4 Å². The second kappa shape index (κ2) is 15.0. The van der Waals surface area contributed by atoms with E-state index < -0.39 is 11.9 Å². The van der Waals surface area contributed by atoms with Crippen LogP contribution in [0, 0.1) is 5.92 Å². The molecule has 0 aromatic heterocycles. The predicted molar refractivity (Wildman–Crippen MR) is 175 cm³/mol. The fraction of sp³-hybridized carbons (Fsp3) is 0.237. The fourth-order valence-electron chi connectivity index (χ4n) is 6.05. The van der Waals surface area contributed by atoms with E-state index in [1.54, 1.807) is 6.08 Å². The van der Waals surface area contributed by atoms with Crippen LogP contribution in [0.5, 0.6) is 0 Å². The standard InChI is InChI=1S/C38H38N2O4/c41-36(39-34-23-21-31(22-24-34)30-12-6-2-7-13-30)25-18-28-16-19-33(20-17-28)35(32-14-8-3-9-15-32)27-40(37(42)38(43)44)26-29-10-4-1-5-11-29/h1-2,4-7,10-13,16-25,32,35H,3,8-9,14-15,26-27H2,(H,39,41)(H,43,44). The van der Waals surface area contributed by atoms with Gasteiger partial charge in [-0.3, -0.25) is 9.59 Å². The van der Waals surface area contributed by atoms with E-state index in [1.807, 2.05) is 97.1 Å². The molecule has 1 aliphatic carbocycles. The number of nitrogens with zero attached hydrogens (tertiary/aromatic N) is 1. The van der Waals surface area contributed by atoms with Gasteiger partial charge in [-0.05, 0) is 64.8 Å². The van der Waals surface area contributed by atoms with Crippen LogP contribution in [0.1, 0.15) is 54.7 Å². The van der Waals surface area contributed by atoms with Crippen molar-refractivity contribution in [3.05, 3.63) is 132 Å². The zero-order valence-corrected chi connectivity index (χ0v) is 24.8. The molecule has 0 spiro atoms. The summed E-state index contributed by atoms with van der Waals surface area (Å²) in [7, 11) is 0. The van der Waals surface area contributed by atoms with Gasteiger partial charge in [-0.15, -0.1) is 0 Å². The van der Waals surface area contributed by atoms with Crippen LogP contribution in [0.15, 0.2) is 115 Å². The predicted octanol–water partition coefficient (Wildman–Crippen LogP) is 7.78. The Hall–Kier alpha value is -4.97. The number of carboxylic acid groups (broad SMARTS) is 1. The molecule has 1 saturated carbocycles. The Morgan fingerprint density at radius 1 is 0.773 bits per heavy atom. The maximum Gasteiger partial charge on any atom is 0.394 e. The first-order chi connectivity index (χ1) is 21.5. The molecule has 2 amide bonds. The summed E-state index contributed by atoms with van der Waals surface area (Å²) in [6.45, 7) is 0.589. The number of benzene rings is 4. The molecule has 0 radical (unpaired) electrons. The summed E-state index contributed by atoms with van der Waals surface area (Å²) in [5.74, 6) is -2.15. The van der Waals surface area contributed by atoms with Crippen LogP contribution in [-0.4, -0.2) is 34.3 Å². The van der Waals surface area contributed by atoms with Crippen molar-refractivity contribution in [3.63, 3.8) is 0 Å². The van der Waals surface area contributed by atoms with Crippen molar-refractivity contribution in [2.75, 3.05) is 11.9 Å². The largest absolute Gasteiger partial charge is 0.474 e. The quantitative estimate of drug-likeness (QED) is 0.147. The minimum Gasteiger partial charge on any atom is -0.474 e. The SMILES string of the molecule is O=C(C=Cc1ccc(C(CN(Cc2ccccc2)C(=O)C(=O)O)C2CCCCC2)cc1)Nc1ccc(-c2ccccc2)cc1. The van der Waals surface area contributed by atoms with Crippen molar-refractivity contribution >= 4 is 29.5 Å². The molecule has 2 N–H and O–H groups in total. The summed E-state index contributed by atoms with van der Waals surface area (Å²) in [4.78, 5) is 38.6. The van der Waals surface area contributed by atoms with Crippen molar-refractivity contribution in [1.82, 2.24) is 4.90 Å². The van der Waals surface area contributed by atoms with Gasteiger partial charge in [0, 0.05) is 30.8 Å². The molecule has 1 unspecified atom stereocenters. The normalized spacial score (nSPS) is 14.2. The number of hydrogen-bond acceptors (Lipinski definition) is 3. The average Bonchev–Trinajstić information content (AvgIpc) is 3.07. The number of aliphatic carboxylic acids is 1. The van der Waals surface area contributed by atoms with E-state index in [0.717, 1.165) is 59.2 Å². The number of amides is 2. The van der Waals surface area contributed by atoms with E-state index in [4.69, 9.17) is 0 Å². The molecule has 0 heterocycles. The highest BCUT2D eigenvalue weighted by Crippen LogP contribution is 2.37. The van der Waals surface area contributed by atoms with E-state index in [0.29, 0.717) is 12.5 Å². The molecule has 1 fully saturated rings. The molecule has 0 bridgehead atoms. The number of carbonyl (C=O) groups is 3. The molecular formula is C38H38N2O4. The summed E-state index contributed by atoms with van der Waals surface area (Å²) in [6.07, 6.45) is 8.89. The monoisotopic (exact) mass is 586 g/mol. The van der Waals surface area contributed by atoms with E-state index in [2.05, 4.69) is 17.4 Å². The van der Waals surface area contributed by atoms with Gasteiger partial charge in [-0.2, -0.15) is 0 Å². The Kier molecular flexibility index (Phi) is 10.4. The first-order valence-corrected chi connectivity index (χ1v) is 15.3. The molecule has 6 nitrogen and oxygen atoms in total. The van der Waals surface area contributed by atoms with Gasteiger partial charge in [-0.25, -0.2) is 4.79 Å². The molecule has 224 valence electrons. The molecule has 4 aromatic rings. The number of hydrogen-bond donors (Lipinski definition) is 2. The van der Waals surface area contributed by atoms with Gasteiger partial charge in [0.15, 0.2) is 0 Å². The zero-order chi connectivity index (χ0) is 30.7. The highest BCUT2D eigenvalue weighted by Gasteiger charge is 2.30. The second-order valence-corrected chi connectivity index (χ2v) is 11.4. The van der Waals surface area contributed by atoms with Crippen LogP contribution >= 0.6 is 0 Å². The third-order valence-electron chi connectivity index (χ3n) is 8.37. The van der Waals surface area contributed by atoms with Gasteiger partial charge in [0.05, 0.1) is 0 Å². The average molecular weight is 587 g/mol. The number of rotatable bonds is 10. The fourth-order valence-corrected chi connectivity index (χ4v) is 6.05. The lowest BCUT2D eigenvalue weighted by Gasteiger charge is -2.34. The molecule has 4 aromatic carbocycles. The van der Waals surface area contributed by atoms with Gasteiger partial charge in [-0.1, -0.05) is 116 Å². The molecule has 5 rings (SSSR count). The maximum atomic E-state index is 12.8. The summed E-state index contributed by atoms with van der Waals surface area (Å²) in [6, 6.07) is 35.4. The number of carbonyl (C=O) groups excluding carboxylic acids is 2. The van der Waals surface area contributed by atoms with Gasteiger partial charge in [0.2, 0.25) is 5.91 Å². The second-order valence-electron chi connectivity index (χ2n) is 11.4. The smallest absolute Gasteiger partial charge is 0.394 e. The lowest BCUT2D eigenvalue weighted by molar-refractivity contribution is -0.156. The van der Waals surface area contributed by atoms with Crippen molar-refractivity contribution in [1.29, 1.82) is 0 Å². The van der Waals surface area contributed by atoms with Crippen LogP contribution in [-0.2, 0) is 20.9 Å². The summed E-state index contributed by atoms with van der Waals surface area (Å²) in [5, 5.41) is 12.5. The van der Waals surface area contributed by atoms with Gasteiger partial charge in [0.1, 0.15) is 0 Å². The minimum atomic E-state index is -1.44. The molecular weight excluding hydrogens is 548 g/mol. The van der Waals surface area contributed by atoms with Crippen molar-refractivity contribution < 1.29 is 19.5 Å². The third-order valence-corrected chi connectivity index (χ3v) is 8.37. The topological polar surface area (TPSA) is 86.7 Å². The van der Waals surface area contributed by atoms with Crippen molar-refractivity contribution in [3.8, 4) is 11.1 Å². The van der Waals surface area contributed by atoms with Crippen molar-refractivity contribution in [2.45, 2.75) is 44.6 Å². The number of carboxylic acids is 1. The number of anilines is 1. The first kappa shape index (κ1) is 30.5. The van der Waals surface area contributed by atoms with Gasteiger partial charge in [0.25, 0.3) is 0 Å². The van der Waals surface area contributed by atoms with E-state index in [1.165, 1.54) is 17.4 Å². The molecule has 1 atom stereocenters. The summed E-state index contributed by atoms with van der Waals surface area (Å²) < 4.78 is 0. The van der Waals surface area contributed by atoms with Crippen LogP contribution in [0.25, 0.3) is 17.2 Å². The van der Waals surface area contributed by atoms with E-state index in [9.17, 15) is 19.5 Å². The lowest BCUT2D eigenvalue weighted by atomic mass is 9.76. The van der Waals surface area contributed by atoms with Gasteiger partial charge < -0.3 is 15.3 Å². The Morgan fingerprint density at radius 2 is 1.39 bits per heavy atom. The Bertz CT molecular complexity index is 1560.